The minimum Gasteiger partial charge on any atom is -0.326 e. The lowest BCUT2D eigenvalue weighted by atomic mass is 10.1. The van der Waals surface area contributed by atoms with Gasteiger partial charge in [0.05, 0.1) is 0 Å². The van der Waals surface area contributed by atoms with E-state index >= 15 is 0 Å². The van der Waals surface area contributed by atoms with Crippen molar-refractivity contribution in [2.75, 3.05) is 0 Å². The molecule has 84 valence electrons. The van der Waals surface area contributed by atoms with Crippen LogP contribution < -0.4 is 5.73 Å². The normalized spacial score (nSPS) is 11.9. The van der Waals surface area contributed by atoms with Gasteiger partial charge in [0.1, 0.15) is 4.90 Å². The summed E-state index contributed by atoms with van der Waals surface area (Å²) < 4.78 is 31.9. The lowest BCUT2D eigenvalue weighted by Crippen LogP contribution is -2.07. The first-order valence-corrected chi connectivity index (χ1v) is 6.16. The van der Waals surface area contributed by atoms with Crippen LogP contribution in [0.15, 0.2) is 41.3 Å². The molecule has 2 aromatic carbocycles. The summed E-state index contributed by atoms with van der Waals surface area (Å²) in [5, 5.41) is 1.25. The Labute approximate surface area is 93.4 Å². The van der Waals surface area contributed by atoms with E-state index in [0.29, 0.717) is 10.9 Å². The van der Waals surface area contributed by atoms with E-state index < -0.39 is 10.1 Å². The van der Waals surface area contributed by atoms with Gasteiger partial charge in [0.15, 0.2) is 0 Å². The van der Waals surface area contributed by atoms with E-state index in [1.54, 1.807) is 36.4 Å². The lowest BCUT2D eigenvalue weighted by molar-refractivity contribution is 0.483. The van der Waals surface area contributed by atoms with Gasteiger partial charge in [0, 0.05) is 11.9 Å². The summed E-state index contributed by atoms with van der Waals surface area (Å²) in [7, 11) is -4.25. The molecule has 0 aromatic heterocycles. The van der Waals surface area contributed by atoms with Crippen LogP contribution in [0.25, 0.3) is 10.8 Å². The fraction of sp³-hybridized carbons (Fsp3) is 0.0909. The molecule has 0 radical (unpaired) electrons. The number of fused-ring (bicyclic) bond motifs is 1. The molecule has 0 unspecified atom stereocenters. The van der Waals surface area contributed by atoms with Crippen LogP contribution in [-0.2, 0) is 16.7 Å². The van der Waals surface area contributed by atoms with Gasteiger partial charge in [-0.1, -0.05) is 36.4 Å². The third-order valence-electron chi connectivity index (χ3n) is 2.44. The molecule has 0 heterocycles. The summed E-state index contributed by atoms with van der Waals surface area (Å²) in [6.07, 6.45) is 0. The van der Waals surface area contributed by atoms with E-state index in [1.165, 1.54) is 0 Å². The van der Waals surface area contributed by atoms with Crippen LogP contribution in [0.1, 0.15) is 5.56 Å². The molecule has 0 aliphatic carbocycles. The maximum absolute atomic E-state index is 11.3. The van der Waals surface area contributed by atoms with Gasteiger partial charge in [-0.05, 0) is 10.9 Å². The van der Waals surface area contributed by atoms with E-state index in [0.717, 1.165) is 5.39 Å². The van der Waals surface area contributed by atoms with Crippen molar-refractivity contribution in [2.24, 2.45) is 5.73 Å². The molecule has 16 heavy (non-hydrogen) atoms. The lowest BCUT2D eigenvalue weighted by Gasteiger charge is -2.08. The number of nitrogens with two attached hydrogens (primary N) is 1. The minimum atomic E-state index is -4.25. The van der Waals surface area contributed by atoms with Crippen LogP contribution in [0.2, 0.25) is 0 Å². The van der Waals surface area contributed by atoms with Gasteiger partial charge in [-0.2, -0.15) is 8.42 Å². The van der Waals surface area contributed by atoms with Gasteiger partial charge in [0.2, 0.25) is 0 Å². The average Bonchev–Trinajstić information content (AvgIpc) is 2.26. The summed E-state index contributed by atoms with van der Waals surface area (Å²) in [6.45, 7) is 0.0694. The molecular weight excluding hydrogens is 226 g/mol. The molecule has 0 aliphatic rings. The van der Waals surface area contributed by atoms with Crippen LogP contribution in [-0.4, -0.2) is 13.0 Å². The van der Waals surface area contributed by atoms with Crippen LogP contribution in [0, 0.1) is 0 Å². The maximum Gasteiger partial charge on any atom is 0.295 e. The van der Waals surface area contributed by atoms with Gasteiger partial charge >= 0.3 is 0 Å². The topological polar surface area (TPSA) is 80.4 Å². The van der Waals surface area contributed by atoms with Crippen molar-refractivity contribution in [3.05, 3.63) is 42.0 Å². The first kappa shape index (κ1) is 11.1. The molecular formula is C11H11NO3S. The summed E-state index contributed by atoms with van der Waals surface area (Å²) in [5.74, 6) is 0. The van der Waals surface area contributed by atoms with Gasteiger partial charge in [-0.3, -0.25) is 4.55 Å². The van der Waals surface area contributed by atoms with Gasteiger partial charge in [-0.25, -0.2) is 0 Å². The second kappa shape index (κ2) is 3.86. The van der Waals surface area contributed by atoms with Crippen molar-refractivity contribution in [1.29, 1.82) is 0 Å². The fourth-order valence-electron chi connectivity index (χ4n) is 1.75. The zero-order chi connectivity index (χ0) is 11.8. The van der Waals surface area contributed by atoms with Crippen LogP contribution in [0.4, 0.5) is 0 Å². The van der Waals surface area contributed by atoms with E-state index in [4.69, 9.17) is 5.73 Å². The third-order valence-corrected chi connectivity index (χ3v) is 3.44. The van der Waals surface area contributed by atoms with Crippen LogP contribution in [0.5, 0.6) is 0 Å². The number of benzene rings is 2. The quantitative estimate of drug-likeness (QED) is 0.776. The molecule has 5 heteroatoms. The second-order valence-corrected chi connectivity index (χ2v) is 4.81. The van der Waals surface area contributed by atoms with Crippen molar-refractivity contribution in [3.8, 4) is 0 Å². The Morgan fingerprint density at radius 1 is 1.12 bits per heavy atom. The molecule has 0 aliphatic heterocycles. The second-order valence-electron chi connectivity index (χ2n) is 3.45. The Morgan fingerprint density at radius 2 is 1.81 bits per heavy atom. The summed E-state index contributed by atoms with van der Waals surface area (Å²) >= 11 is 0. The predicted octanol–water partition coefficient (Wildman–Crippen LogP) is 1.55. The average molecular weight is 237 g/mol. The van der Waals surface area contributed by atoms with E-state index in [1.807, 2.05) is 0 Å². The highest BCUT2D eigenvalue weighted by atomic mass is 32.2. The molecule has 0 atom stereocenters. The Morgan fingerprint density at radius 3 is 2.44 bits per heavy atom. The smallest absolute Gasteiger partial charge is 0.295 e. The summed E-state index contributed by atoms with van der Waals surface area (Å²) in [5.41, 5.74) is 5.88. The predicted molar refractivity (Wildman–Crippen MR) is 61.7 cm³/mol. The van der Waals surface area contributed by atoms with Gasteiger partial charge < -0.3 is 5.73 Å². The molecule has 0 saturated heterocycles. The molecule has 2 aromatic rings. The molecule has 0 fully saturated rings. The van der Waals surface area contributed by atoms with E-state index in [9.17, 15) is 13.0 Å². The third kappa shape index (κ3) is 1.80. The number of hydrogen-bond acceptors (Lipinski definition) is 3. The molecule has 0 saturated carbocycles. The molecule has 3 N–H and O–H groups in total. The molecule has 0 amide bonds. The van der Waals surface area contributed by atoms with Crippen molar-refractivity contribution in [2.45, 2.75) is 11.4 Å². The Kier molecular flexibility index (Phi) is 2.67. The maximum atomic E-state index is 11.3. The van der Waals surface area contributed by atoms with Gasteiger partial charge in [-0.15, -0.1) is 0 Å². The standard InChI is InChI=1S/C11H11NO3S/c12-7-9-6-5-8-3-1-2-4-10(8)11(9)16(13,14)15/h1-6H,7,12H2,(H,13,14,15). The zero-order valence-corrected chi connectivity index (χ0v) is 9.24. The minimum absolute atomic E-state index is 0.0694. The first-order chi connectivity index (χ1) is 7.54. The van der Waals surface area contributed by atoms with Crippen LogP contribution >= 0.6 is 0 Å². The van der Waals surface area contributed by atoms with Crippen molar-refractivity contribution >= 4 is 20.9 Å². The highest BCUT2D eigenvalue weighted by Crippen LogP contribution is 2.26. The van der Waals surface area contributed by atoms with Crippen molar-refractivity contribution in [1.82, 2.24) is 0 Å². The van der Waals surface area contributed by atoms with E-state index in [2.05, 4.69) is 0 Å². The van der Waals surface area contributed by atoms with Crippen molar-refractivity contribution in [3.63, 3.8) is 0 Å². The summed E-state index contributed by atoms with van der Waals surface area (Å²) in [6, 6.07) is 10.4. The van der Waals surface area contributed by atoms with E-state index in [-0.39, 0.29) is 11.4 Å². The van der Waals surface area contributed by atoms with Crippen molar-refractivity contribution < 1.29 is 13.0 Å². The molecule has 4 nitrogen and oxygen atoms in total. The SMILES string of the molecule is NCc1ccc2ccccc2c1S(=O)(=O)O. The Bertz CT molecular complexity index is 635. The van der Waals surface area contributed by atoms with Gasteiger partial charge in [0.25, 0.3) is 10.1 Å². The Balaban J connectivity index is 2.95. The Hall–Kier alpha value is -1.43. The van der Waals surface area contributed by atoms with Crippen LogP contribution in [0.3, 0.4) is 0 Å². The summed E-state index contributed by atoms with van der Waals surface area (Å²) in [4.78, 5) is -0.0897. The number of hydrogen-bond donors (Lipinski definition) is 2. The monoisotopic (exact) mass is 237 g/mol. The molecule has 0 spiro atoms. The highest BCUT2D eigenvalue weighted by Gasteiger charge is 2.17. The zero-order valence-electron chi connectivity index (χ0n) is 8.42. The fourth-order valence-corrected chi connectivity index (χ4v) is 2.70. The molecule has 2 rings (SSSR count). The largest absolute Gasteiger partial charge is 0.326 e. The highest BCUT2D eigenvalue weighted by molar-refractivity contribution is 7.86. The number of rotatable bonds is 2. The first-order valence-electron chi connectivity index (χ1n) is 4.72. The molecule has 0 bridgehead atoms.